The van der Waals surface area contributed by atoms with E-state index in [0.717, 1.165) is 0 Å². The lowest BCUT2D eigenvalue weighted by molar-refractivity contribution is 0.344. The third-order valence-corrected chi connectivity index (χ3v) is 3.73. The molecular weight excluding hydrogens is 178 g/mol. The van der Waals surface area contributed by atoms with E-state index in [4.69, 9.17) is 0 Å². The second-order valence-corrected chi connectivity index (χ2v) is 5.18. The zero-order valence-electron chi connectivity index (χ0n) is 8.25. The molecule has 1 saturated heterocycles. The minimum atomic E-state index is 1.25. The Kier molecular flexibility index (Phi) is 3.01. The van der Waals surface area contributed by atoms with Crippen LogP contribution >= 0.6 is 11.3 Å². The number of hydrogen-bond acceptors (Lipinski definition) is 2. The summed E-state index contributed by atoms with van der Waals surface area (Å²) in [5.74, 6) is 0. The van der Waals surface area contributed by atoms with Gasteiger partial charge in [0.25, 0.3) is 0 Å². The normalized spacial score (nSPS) is 18.2. The Morgan fingerprint density at radius 1 is 1.31 bits per heavy atom. The molecule has 0 radical (unpaired) electrons. The summed E-state index contributed by atoms with van der Waals surface area (Å²) in [5, 5.41) is 0. The van der Waals surface area contributed by atoms with Gasteiger partial charge in [-0.1, -0.05) is 0 Å². The Morgan fingerprint density at radius 3 is 2.69 bits per heavy atom. The van der Waals surface area contributed by atoms with Crippen molar-refractivity contribution in [2.45, 2.75) is 26.2 Å². The van der Waals surface area contributed by atoms with Crippen LogP contribution in [0.15, 0.2) is 12.1 Å². The van der Waals surface area contributed by atoms with Gasteiger partial charge in [0.2, 0.25) is 0 Å². The first-order valence-corrected chi connectivity index (χ1v) is 5.94. The van der Waals surface area contributed by atoms with Crippen molar-refractivity contribution < 1.29 is 0 Å². The van der Waals surface area contributed by atoms with Crippen LogP contribution in [0.4, 0.5) is 0 Å². The molecule has 1 fully saturated rings. The van der Waals surface area contributed by atoms with Crippen LogP contribution in [-0.2, 0) is 6.42 Å². The Balaban J connectivity index is 1.78. The van der Waals surface area contributed by atoms with Gasteiger partial charge in [-0.05, 0) is 51.4 Å². The molecule has 1 aromatic heterocycles. The average Bonchev–Trinajstić information content (AvgIpc) is 2.71. The number of hydrogen-bond donors (Lipinski definition) is 0. The molecule has 13 heavy (non-hydrogen) atoms. The number of aryl methyl sites for hydroxylation is 1. The van der Waals surface area contributed by atoms with E-state index >= 15 is 0 Å². The molecule has 0 amide bonds. The number of nitrogens with zero attached hydrogens (tertiary/aromatic N) is 1. The maximum Gasteiger partial charge on any atom is 0.00607 e. The zero-order valence-corrected chi connectivity index (χ0v) is 9.07. The molecule has 1 aliphatic rings. The summed E-state index contributed by atoms with van der Waals surface area (Å²) >= 11 is 1.94. The molecule has 2 rings (SSSR count). The van der Waals surface area contributed by atoms with E-state index in [9.17, 15) is 0 Å². The first-order valence-electron chi connectivity index (χ1n) is 5.12. The van der Waals surface area contributed by atoms with Crippen molar-refractivity contribution in [2.24, 2.45) is 0 Å². The van der Waals surface area contributed by atoms with Crippen molar-refractivity contribution in [3.8, 4) is 0 Å². The summed E-state index contributed by atoms with van der Waals surface area (Å²) in [5.41, 5.74) is 0. The Labute approximate surface area is 84.4 Å². The van der Waals surface area contributed by atoms with Gasteiger partial charge in [0.1, 0.15) is 0 Å². The van der Waals surface area contributed by atoms with Crippen molar-refractivity contribution >= 4 is 11.3 Å². The molecule has 0 bridgehead atoms. The maximum absolute atomic E-state index is 2.58. The molecule has 1 nitrogen and oxygen atoms in total. The lowest BCUT2D eigenvalue weighted by Gasteiger charge is -2.12. The van der Waals surface area contributed by atoms with E-state index in [1.165, 1.54) is 43.8 Å². The fourth-order valence-electron chi connectivity index (χ4n) is 1.89. The van der Waals surface area contributed by atoms with Crippen molar-refractivity contribution in [1.29, 1.82) is 0 Å². The first-order chi connectivity index (χ1) is 6.34. The minimum Gasteiger partial charge on any atom is -0.303 e. The van der Waals surface area contributed by atoms with Crippen molar-refractivity contribution in [1.82, 2.24) is 4.90 Å². The van der Waals surface area contributed by atoms with Crippen LogP contribution in [0.25, 0.3) is 0 Å². The Bertz CT molecular complexity index is 261. The van der Waals surface area contributed by atoms with Gasteiger partial charge in [-0.2, -0.15) is 0 Å². The quantitative estimate of drug-likeness (QED) is 0.717. The van der Waals surface area contributed by atoms with Crippen LogP contribution in [0.2, 0.25) is 0 Å². The summed E-state index contributed by atoms with van der Waals surface area (Å²) in [6.07, 6.45) is 4.06. The highest BCUT2D eigenvalue weighted by molar-refractivity contribution is 7.11. The van der Waals surface area contributed by atoms with E-state index in [1.54, 1.807) is 4.88 Å². The highest BCUT2D eigenvalue weighted by atomic mass is 32.1. The molecule has 0 atom stereocenters. The molecule has 0 N–H and O–H groups in total. The van der Waals surface area contributed by atoms with E-state index in [0.29, 0.717) is 0 Å². The summed E-state index contributed by atoms with van der Waals surface area (Å²) in [4.78, 5) is 5.57. The topological polar surface area (TPSA) is 3.24 Å². The molecule has 0 unspecified atom stereocenters. The minimum absolute atomic E-state index is 1.25. The van der Waals surface area contributed by atoms with Crippen molar-refractivity contribution in [3.63, 3.8) is 0 Å². The molecule has 0 aromatic carbocycles. The van der Waals surface area contributed by atoms with Gasteiger partial charge in [0, 0.05) is 16.3 Å². The number of thiophene rings is 1. The monoisotopic (exact) mass is 195 g/mol. The highest BCUT2D eigenvalue weighted by Crippen LogP contribution is 2.16. The van der Waals surface area contributed by atoms with E-state index < -0.39 is 0 Å². The predicted octanol–water partition coefficient (Wildman–Crippen LogP) is 2.69. The standard InChI is InChI=1S/C11H17NS/c1-10-4-5-11(13-10)6-9-12-7-2-3-8-12/h4-5H,2-3,6-9H2,1H3. The second kappa shape index (κ2) is 4.25. The van der Waals surface area contributed by atoms with E-state index in [2.05, 4.69) is 24.0 Å². The van der Waals surface area contributed by atoms with E-state index in [1.807, 2.05) is 11.3 Å². The molecule has 72 valence electrons. The van der Waals surface area contributed by atoms with Gasteiger partial charge in [0.15, 0.2) is 0 Å². The lowest BCUT2D eigenvalue weighted by Crippen LogP contribution is -2.21. The van der Waals surface area contributed by atoms with Crippen LogP contribution in [0.5, 0.6) is 0 Å². The van der Waals surface area contributed by atoms with Crippen LogP contribution < -0.4 is 0 Å². The molecule has 1 aliphatic heterocycles. The van der Waals surface area contributed by atoms with Gasteiger partial charge >= 0.3 is 0 Å². The third-order valence-electron chi connectivity index (χ3n) is 2.67. The van der Waals surface area contributed by atoms with Gasteiger partial charge < -0.3 is 4.90 Å². The van der Waals surface area contributed by atoms with Crippen molar-refractivity contribution in [2.75, 3.05) is 19.6 Å². The molecular formula is C11H17NS. The van der Waals surface area contributed by atoms with Crippen molar-refractivity contribution in [3.05, 3.63) is 21.9 Å². The summed E-state index contributed by atoms with van der Waals surface area (Å²) in [6.45, 7) is 6.10. The fraction of sp³-hybridized carbons (Fsp3) is 0.636. The molecule has 2 heterocycles. The van der Waals surface area contributed by atoms with Gasteiger partial charge in [0.05, 0.1) is 0 Å². The molecule has 0 spiro atoms. The van der Waals surface area contributed by atoms with Crippen LogP contribution in [0, 0.1) is 6.92 Å². The van der Waals surface area contributed by atoms with Crippen LogP contribution in [0.1, 0.15) is 22.6 Å². The smallest absolute Gasteiger partial charge is 0.00607 e. The summed E-state index contributed by atoms with van der Waals surface area (Å²) in [6, 6.07) is 4.50. The number of likely N-dealkylation sites (tertiary alicyclic amines) is 1. The second-order valence-electron chi connectivity index (χ2n) is 3.81. The van der Waals surface area contributed by atoms with Gasteiger partial charge in [-0.3, -0.25) is 0 Å². The molecule has 1 aromatic rings. The fourth-order valence-corrected chi connectivity index (χ4v) is 2.77. The third kappa shape index (κ3) is 2.55. The SMILES string of the molecule is Cc1ccc(CCN2CCCC2)s1. The maximum atomic E-state index is 2.58. The Hall–Kier alpha value is -0.340. The molecule has 0 saturated carbocycles. The first kappa shape index (κ1) is 9.22. The van der Waals surface area contributed by atoms with Gasteiger partial charge in [-0.15, -0.1) is 11.3 Å². The molecule has 0 aliphatic carbocycles. The highest BCUT2D eigenvalue weighted by Gasteiger charge is 2.10. The van der Waals surface area contributed by atoms with E-state index in [-0.39, 0.29) is 0 Å². The lowest BCUT2D eigenvalue weighted by atomic mass is 10.3. The van der Waals surface area contributed by atoms with Gasteiger partial charge in [-0.25, -0.2) is 0 Å². The summed E-state index contributed by atoms with van der Waals surface area (Å²) in [7, 11) is 0. The average molecular weight is 195 g/mol. The Morgan fingerprint density at radius 2 is 2.08 bits per heavy atom. The van der Waals surface area contributed by atoms with Crippen LogP contribution in [-0.4, -0.2) is 24.5 Å². The molecule has 2 heteroatoms. The number of rotatable bonds is 3. The predicted molar refractivity (Wildman–Crippen MR) is 58.4 cm³/mol. The largest absolute Gasteiger partial charge is 0.303 e. The zero-order chi connectivity index (χ0) is 9.10. The van der Waals surface area contributed by atoms with Crippen LogP contribution in [0.3, 0.4) is 0 Å². The summed E-state index contributed by atoms with van der Waals surface area (Å²) < 4.78 is 0.